The van der Waals surface area contributed by atoms with Crippen LogP contribution >= 0.6 is 0 Å². The van der Waals surface area contributed by atoms with Crippen LogP contribution in [0.2, 0.25) is 0 Å². The van der Waals surface area contributed by atoms with Crippen molar-refractivity contribution in [3.05, 3.63) is 53.7 Å². The number of nitrogens with zero attached hydrogens (tertiary/aromatic N) is 1. The minimum atomic E-state index is -0.437. The number of rotatable bonds is 6. The lowest BCUT2D eigenvalue weighted by Crippen LogP contribution is -2.24. The second kappa shape index (κ2) is 6.64. The number of benzene rings is 1. The number of carbonyl (C=O) groups is 1. The Morgan fingerprint density at radius 3 is 3.04 bits per heavy atom. The van der Waals surface area contributed by atoms with Crippen LogP contribution in [0.15, 0.2) is 45.9 Å². The van der Waals surface area contributed by atoms with Crippen LogP contribution in [0.25, 0.3) is 0 Å². The first-order valence-corrected chi connectivity index (χ1v) is 7.42. The van der Waals surface area contributed by atoms with E-state index in [2.05, 4.69) is 17.5 Å². The minimum Gasteiger partial charge on any atom is -0.484 e. The van der Waals surface area contributed by atoms with Gasteiger partial charge >= 0.3 is 0 Å². The Morgan fingerprint density at radius 2 is 2.30 bits per heavy atom. The zero-order valence-corrected chi connectivity index (χ0v) is 12.7. The van der Waals surface area contributed by atoms with Gasteiger partial charge in [0.15, 0.2) is 6.61 Å². The quantitative estimate of drug-likeness (QED) is 0.658. The van der Waals surface area contributed by atoms with Crippen LogP contribution < -0.4 is 10.2 Å². The molecule has 1 aliphatic carbocycles. The topological polar surface area (TPSA) is 63.8 Å². The molecule has 1 aromatic carbocycles. The molecule has 120 valence electrons. The third-order valence-electron chi connectivity index (χ3n) is 3.67. The highest BCUT2D eigenvalue weighted by Gasteiger charge is 2.36. The Labute approximate surface area is 133 Å². The summed E-state index contributed by atoms with van der Waals surface area (Å²) in [4.78, 5) is 11.6. The SMILES string of the molecule is C[C@H]1C[C@@H]1c1ccc(/C=N\NC(=O)COc2cccc(F)c2)o1. The monoisotopic (exact) mass is 316 g/mol. The number of amides is 1. The highest BCUT2D eigenvalue weighted by molar-refractivity contribution is 5.81. The van der Waals surface area contributed by atoms with E-state index < -0.39 is 11.7 Å². The number of furan rings is 1. The smallest absolute Gasteiger partial charge is 0.277 e. The molecule has 1 amide bonds. The normalized spacial score (nSPS) is 19.7. The maximum Gasteiger partial charge on any atom is 0.277 e. The lowest BCUT2D eigenvalue weighted by Gasteiger charge is -2.04. The van der Waals surface area contributed by atoms with E-state index >= 15 is 0 Å². The van der Waals surface area contributed by atoms with Crippen molar-refractivity contribution in [1.29, 1.82) is 0 Å². The number of hydrogen-bond donors (Lipinski definition) is 1. The number of hydrazone groups is 1. The largest absolute Gasteiger partial charge is 0.484 e. The van der Waals surface area contributed by atoms with Gasteiger partial charge in [-0.3, -0.25) is 4.79 Å². The molecule has 1 fully saturated rings. The number of halogens is 1. The van der Waals surface area contributed by atoms with E-state index in [4.69, 9.17) is 9.15 Å². The number of nitrogens with one attached hydrogen (secondary N) is 1. The molecule has 6 heteroatoms. The summed E-state index contributed by atoms with van der Waals surface area (Å²) in [6.07, 6.45) is 2.59. The van der Waals surface area contributed by atoms with Crippen LogP contribution in [0.3, 0.4) is 0 Å². The van der Waals surface area contributed by atoms with Gasteiger partial charge in [-0.2, -0.15) is 5.10 Å². The van der Waals surface area contributed by atoms with Crippen molar-refractivity contribution in [2.24, 2.45) is 11.0 Å². The fourth-order valence-electron chi connectivity index (χ4n) is 2.26. The van der Waals surface area contributed by atoms with E-state index in [-0.39, 0.29) is 6.61 Å². The van der Waals surface area contributed by atoms with Crippen molar-refractivity contribution in [2.75, 3.05) is 6.61 Å². The summed E-state index contributed by atoms with van der Waals surface area (Å²) < 4.78 is 23.7. The molecule has 5 nitrogen and oxygen atoms in total. The van der Waals surface area contributed by atoms with Crippen LogP contribution in [0, 0.1) is 11.7 Å². The van der Waals surface area contributed by atoms with Gasteiger partial charge in [0.1, 0.15) is 23.1 Å². The predicted octanol–water partition coefficient (Wildman–Crippen LogP) is 3.07. The van der Waals surface area contributed by atoms with Crippen molar-refractivity contribution >= 4 is 12.1 Å². The Bertz CT molecular complexity index is 726. The van der Waals surface area contributed by atoms with Crippen molar-refractivity contribution in [1.82, 2.24) is 5.43 Å². The highest BCUT2D eigenvalue weighted by Crippen LogP contribution is 2.47. The molecule has 3 rings (SSSR count). The van der Waals surface area contributed by atoms with Gasteiger partial charge in [0.2, 0.25) is 0 Å². The van der Waals surface area contributed by atoms with E-state index in [9.17, 15) is 9.18 Å². The van der Waals surface area contributed by atoms with Crippen LogP contribution in [0.4, 0.5) is 4.39 Å². The van der Waals surface area contributed by atoms with Crippen molar-refractivity contribution in [3.8, 4) is 5.75 Å². The van der Waals surface area contributed by atoms with E-state index in [0.717, 1.165) is 12.2 Å². The second-order valence-electron chi connectivity index (χ2n) is 5.60. The molecule has 0 unspecified atom stereocenters. The molecule has 2 aromatic rings. The lowest BCUT2D eigenvalue weighted by molar-refractivity contribution is -0.123. The summed E-state index contributed by atoms with van der Waals surface area (Å²) >= 11 is 0. The number of carbonyl (C=O) groups excluding carboxylic acids is 1. The van der Waals surface area contributed by atoms with Crippen molar-refractivity contribution in [2.45, 2.75) is 19.3 Å². The maximum atomic E-state index is 13.0. The van der Waals surface area contributed by atoms with Gasteiger partial charge in [-0.05, 0) is 36.6 Å². The maximum absolute atomic E-state index is 13.0. The molecule has 0 spiro atoms. The first kappa shape index (κ1) is 15.3. The minimum absolute atomic E-state index is 0.246. The average Bonchev–Trinajstić information content (AvgIpc) is 3.07. The third-order valence-corrected chi connectivity index (χ3v) is 3.67. The van der Waals surface area contributed by atoms with Gasteiger partial charge in [-0.1, -0.05) is 13.0 Å². The van der Waals surface area contributed by atoms with E-state index in [1.807, 2.05) is 12.1 Å². The summed E-state index contributed by atoms with van der Waals surface area (Å²) in [6, 6.07) is 9.35. The molecule has 1 N–H and O–H groups in total. The molecule has 1 heterocycles. The standard InChI is InChI=1S/C17H17FN2O3/c1-11-7-15(11)16-6-5-14(23-16)9-19-20-17(21)10-22-13-4-2-3-12(18)8-13/h2-6,8-9,11,15H,7,10H2,1H3,(H,20,21)/b19-9-/t11-,15-/m0/s1. The van der Waals surface area contributed by atoms with Gasteiger partial charge in [0.25, 0.3) is 5.91 Å². The fraction of sp³-hybridized carbons (Fsp3) is 0.294. The van der Waals surface area contributed by atoms with Gasteiger partial charge in [0.05, 0.1) is 6.21 Å². The van der Waals surface area contributed by atoms with E-state index in [1.54, 1.807) is 6.07 Å². The predicted molar refractivity (Wildman–Crippen MR) is 82.9 cm³/mol. The number of hydrogen-bond acceptors (Lipinski definition) is 4. The van der Waals surface area contributed by atoms with Crippen LogP contribution in [0.1, 0.15) is 30.8 Å². The molecule has 2 atom stereocenters. The molecule has 1 aliphatic rings. The second-order valence-corrected chi connectivity index (χ2v) is 5.60. The molecule has 0 radical (unpaired) electrons. The first-order valence-electron chi connectivity index (χ1n) is 7.42. The fourth-order valence-corrected chi connectivity index (χ4v) is 2.26. The van der Waals surface area contributed by atoms with Crippen LogP contribution in [-0.2, 0) is 4.79 Å². The van der Waals surface area contributed by atoms with E-state index in [1.165, 1.54) is 24.4 Å². The number of ether oxygens (including phenoxy) is 1. The molecular formula is C17H17FN2O3. The van der Waals surface area contributed by atoms with Gasteiger partial charge in [0, 0.05) is 12.0 Å². The molecule has 1 aromatic heterocycles. The van der Waals surface area contributed by atoms with Crippen molar-refractivity contribution < 1.29 is 18.3 Å². The zero-order valence-electron chi connectivity index (χ0n) is 12.7. The van der Waals surface area contributed by atoms with Crippen molar-refractivity contribution in [3.63, 3.8) is 0 Å². The molecule has 0 aliphatic heterocycles. The average molecular weight is 316 g/mol. The van der Waals surface area contributed by atoms with Gasteiger partial charge in [-0.25, -0.2) is 9.82 Å². The van der Waals surface area contributed by atoms with E-state index in [0.29, 0.717) is 23.3 Å². The first-order chi connectivity index (χ1) is 11.1. The zero-order chi connectivity index (χ0) is 16.2. The summed E-state index contributed by atoms with van der Waals surface area (Å²) in [5.41, 5.74) is 2.33. The Morgan fingerprint density at radius 1 is 1.48 bits per heavy atom. The molecule has 1 saturated carbocycles. The summed E-state index contributed by atoms with van der Waals surface area (Å²) in [7, 11) is 0. The molecule has 0 bridgehead atoms. The van der Waals surface area contributed by atoms with Gasteiger partial charge in [-0.15, -0.1) is 0 Å². The highest BCUT2D eigenvalue weighted by atomic mass is 19.1. The summed E-state index contributed by atoms with van der Waals surface area (Å²) in [6.45, 7) is 1.93. The summed E-state index contributed by atoms with van der Waals surface area (Å²) in [5, 5.41) is 3.81. The van der Waals surface area contributed by atoms with Gasteiger partial charge < -0.3 is 9.15 Å². The molecule has 23 heavy (non-hydrogen) atoms. The molecular weight excluding hydrogens is 299 g/mol. The Kier molecular flexibility index (Phi) is 4.41. The lowest BCUT2D eigenvalue weighted by atomic mass is 10.3. The Hall–Kier alpha value is -2.63. The molecule has 0 saturated heterocycles. The summed E-state index contributed by atoms with van der Waals surface area (Å²) in [5.74, 6) is 2.16. The van der Waals surface area contributed by atoms with Crippen LogP contribution in [-0.4, -0.2) is 18.7 Å². The van der Waals surface area contributed by atoms with Crippen LogP contribution in [0.5, 0.6) is 5.75 Å². The third kappa shape index (κ3) is 4.18. The Balaban J connectivity index is 1.44.